The van der Waals surface area contributed by atoms with E-state index in [1.54, 1.807) is 11.1 Å². The van der Waals surface area contributed by atoms with Crippen molar-refractivity contribution in [3.8, 4) is 6.07 Å². The normalized spacial score (nSPS) is 20.2. The van der Waals surface area contributed by atoms with Gasteiger partial charge in [0.05, 0.1) is 11.6 Å². The molecule has 0 aliphatic heterocycles. The summed E-state index contributed by atoms with van der Waals surface area (Å²) in [5, 5.41) is 9.11. The second-order valence-electron chi connectivity index (χ2n) is 9.99. The van der Waals surface area contributed by atoms with E-state index < -0.39 is 0 Å². The molecular weight excluding hydrogens is 362 g/mol. The van der Waals surface area contributed by atoms with Crippen LogP contribution in [0.2, 0.25) is 0 Å². The lowest BCUT2D eigenvalue weighted by atomic mass is 9.60. The van der Waals surface area contributed by atoms with Gasteiger partial charge in [0, 0.05) is 0 Å². The molecule has 0 unspecified atom stereocenters. The fraction of sp³-hybridized carbons (Fsp3) is 0.345. The molecule has 2 aliphatic carbocycles. The maximum Gasteiger partial charge on any atom is 0.0991 e. The first-order chi connectivity index (χ1) is 14.3. The van der Waals surface area contributed by atoms with Crippen molar-refractivity contribution in [1.82, 2.24) is 0 Å². The van der Waals surface area contributed by atoms with Crippen molar-refractivity contribution in [3.05, 3.63) is 94.1 Å². The van der Waals surface area contributed by atoms with Gasteiger partial charge in [-0.15, -0.1) is 0 Å². The first-order valence-corrected chi connectivity index (χ1v) is 11.0. The van der Waals surface area contributed by atoms with E-state index in [9.17, 15) is 0 Å². The van der Waals surface area contributed by atoms with Gasteiger partial charge in [0.1, 0.15) is 0 Å². The lowest BCUT2D eigenvalue weighted by Gasteiger charge is -2.45. The number of nitrogens with zero attached hydrogens (tertiary/aromatic N) is 1. The number of hydrogen-bond acceptors (Lipinski definition) is 1. The van der Waals surface area contributed by atoms with Crippen LogP contribution in [-0.4, -0.2) is 0 Å². The van der Waals surface area contributed by atoms with Gasteiger partial charge >= 0.3 is 0 Å². The van der Waals surface area contributed by atoms with Crippen LogP contribution < -0.4 is 0 Å². The van der Waals surface area contributed by atoms with Gasteiger partial charge in [-0.25, -0.2) is 0 Å². The van der Waals surface area contributed by atoms with Crippen LogP contribution in [-0.2, 0) is 0 Å². The van der Waals surface area contributed by atoms with E-state index in [-0.39, 0.29) is 5.41 Å². The average molecular weight is 394 g/mol. The molecule has 0 amide bonds. The Morgan fingerprint density at radius 2 is 1.53 bits per heavy atom. The summed E-state index contributed by atoms with van der Waals surface area (Å²) in [6.45, 7) is 9.65. The Balaban J connectivity index is 1.84. The van der Waals surface area contributed by atoms with E-state index in [1.165, 1.54) is 29.6 Å². The standard InChI is InChI=1S/C29H31N/c1-28(2)16-17-29(3,4)27-19-24(14-15-26(27)28)25(23-8-6-5-7-9-23)18-21-10-12-22(20-30)13-11-21/h5-13,18-19H,14-17H2,1-4H3. The third-order valence-electron chi connectivity index (χ3n) is 6.99. The molecule has 0 radical (unpaired) electrons. The molecule has 4 rings (SSSR count). The van der Waals surface area contributed by atoms with Gasteiger partial charge in [-0.05, 0) is 82.6 Å². The van der Waals surface area contributed by atoms with Crippen LogP contribution in [0.5, 0.6) is 0 Å². The van der Waals surface area contributed by atoms with Crippen LogP contribution in [0.4, 0.5) is 0 Å². The summed E-state index contributed by atoms with van der Waals surface area (Å²) in [6.07, 6.45) is 9.53. The molecule has 0 fully saturated rings. The fourth-order valence-corrected chi connectivity index (χ4v) is 4.96. The van der Waals surface area contributed by atoms with Gasteiger partial charge in [0.15, 0.2) is 0 Å². The molecule has 2 aromatic carbocycles. The highest BCUT2D eigenvalue weighted by atomic mass is 14.4. The predicted octanol–water partition coefficient (Wildman–Crippen LogP) is 7.96. The summed E-state index contributed by atoms with van der Waals surface area (Å²) in [5.41, 5.74) is 9.56. The minimum atomic E-state index is 0.229. The minimum absolute atomic E-state index is 0.229. The molecule has 0 aromatic heterocycles. The first-order valence-electron chi connectivity index (χ1n) is 11.0. The van der Waals surface area contributed by atoms with Crippen molar-refractivity contribution in [2.45, 2.75) is 53.4 Å². The van der Waals surface area contributed by atoms with E-state index in [2.05, 4.69) is 76.2 Å². The smallest absolute Gasteiger partial charge is 0.0991 e. The van der Waals surface area contributed by atoms with Gasteiger partial charge in [-0.3, -0.25) is 0 Å². The third kappa shape index (κ3) is 3.92. The van der Waals surface area contributed by atoms with E-state index >= 15 is 0 Å². The molecule has 0 saturated carbocycles. The quantitative estimate of drug-likeness (QED) is 0.485. The molecule has 0 saturated heterocycles. The highest BCUT2D eigenvalue weighted by Crippen LogP contribution is 2.53. The molecule has 1 heteroatoms. The summed E-state index contributed by atoms with van der Waals surface area (Å²) in [5.74, 6) is 0. The van der Waals surface area contributed by atoms with Crippen molar-refractivity contribution < 1.29 is 0 Å². The Morgan fingerprint density at radius 1 is 0.867 bits per heavy atom. The molecule has 0 atom stereocenters. The van der Waals surface area contributed by atoms with Crippen LogP contribution in [0.25, 0.3) is 11.6 Å². The zero-order valence-corrected chi connectivity index (χ0v) is 18.6. The lowest BCUT2D eigenvalue weighted by Crippen LogP contribution is -2.31. The van der Waals surface area contributed by atoms with E-state index in [1.807, 2.05) is 24.3 Å². The summed E-state index contributed by atoms with van der Waals surface area (Å²) in [4.78, 5) is 0. The van der Waals surface area contributed by atoms with E-state index in [0.717, 1.165) is 18.4 Å². The zero-order valence-electron chi connectivity index (χ0n) is 18.6. The number of benzene rings is 2. The monoisotopic (exact) mass is 393 g/mol. The molecule has 0 spiro atoms. The molecule has 0 bridgehead atoms. The number of nitriles is 1. The molecule has 1 nitrogen and oxygen atoms in total. The summed E-state index contributed by atoms with van der Waals surface area (Å²) in [6, 6.07) is 20.8. The van der Waals surface area contributed by atoms with Crippen LogP contribution in [0.1, 0.15) is 70.1 Å². The molecule has 152 valence electrons. The van der Waals surface area contributed by atoms with Crippen LogP contribution in [0, 0.1) is 22.2 Å². The Morgan fingerprint density at radius 3 is 2.20 bits per heavy atom. The largest absolute Gasteiger partial charge is 0.192 e. The van der Waals surface area contributed by atoms with Crippen LogP contribution in [0.3, 0.4) is 0 Å². The van der Waals surface area contributed by atoms with Gasteiger partial charge in [0.2, 0.25) is 0 Å². The maximum absolute atomic E-state index is 9.11. The topological polar surface area (TPSA) is 23.8 Å². The molecule has 30 heavy (non-hydrogen) atoms. The Kier molecular flexibility index (Phi) is 5.29. The predicted molar refractivity (Wildman–Crippen MR) is 127 cm³/mol. The Labute approximate surface area is 181 Å². The van der Waals surface area contributed by atoms with E-state index in [0.29, 0.717) is 11.0 Å². The second-order valence-corrected chi connectivity index (χ2v) is 9.99. The van der Waals surface area contributed by atoms with Crippen molar-refractivity contribution in [3.63, 3.8) is 0 Å². The number of hydrogen-bond donors (Lipinski definition) is 0. The van der Waals surface area contributed by atoms with Gasteiger partial charge in [-0.2, -0.15) is 5.26 Å². The van der Waals surface area contributed by atoms with Gasteiger partial charge in [-0.1, -0.05) is 81.8 Å². The molecular formula is C29H31N. The molecule has 0 heterocycles. The lowest BCUT2D eigenvalue weighted by molar-refractivity contribution is 0.258. The summed E-state index contributed by atoms with van der Waals surface area (Å²) < 4.78 is 0. The van der Waals surface area contributed by atoms with Gasteiger partial charge < -0.3 is 0 Å². The molecule has 2 aliphatic rings. The average Bonchev–Trinajstić information content (AvgIpc) is 2.76. The van der Waals surface area contributed by atoms with Crippen molar-refractivity contribution >= 4 is 11.6 Å². The van der Waals surface area contributed by atoms with Crippen molar-refractivity contribution in [2.24, 2.45) is 10.8 Å². The molecule has 0 N–H and O–H groups in total. The van der Waals surface area contributed by atoms with Gasteiger partial charge in [0.25, 0.3) is 0 Å². The first kappa shape index (κ1) is 20.4. The Hall–Kier alpha value is -2.85. The SMILES string of the molecule is CC1(C)CCC(C)(C)C2=C1C=C(C(=Cc1ccc(C#N)cc1)c1ccccc1)CC2. The highest BCUT2D eigenvalue weighted by Gasteiger charge is 2.39. The second kappa shape index (κ2) is 7.77. The molecule has 2 aromatic rings. The Bertz CT molecular complexity index is 1070. The van der Waals surface area contributed by atoms with E-state index in [4.69, 9.17) is 5.26 Å². The van der Waals surface area contributed by atoms with Crippen LogP contribution in [0.15, 0.2) is 77.4 Å². The highest BCUT2D eigenvalue weighted by molar-refractivity contribution is 5.91. The van der Waals surface area contributed by atoms with Crippen molar-refractivity contribution in [1.29, 1.82) is 5.26 Å². The number of rotatable bonds is 3. The maximum atomic E-state index is 9.11. The number of allylic oxidation sites excluding steroid dienone is 5. The third-order valence-corrected chi connectivity index (χ3v) is 6.99. The summed E-state index contributed by atoms with van der Waals surface area (Å²) in [7, 11) is 0. The minimum Gasteiger partial charge on any atom is -0.192 e. The summed E-state index contributed by atoms with van der Waals surface area (Å²) >= 11 is 0. The van der Waals surface area contributed by atoms with Crippen LogP contribution >= 0.6 is 0 Å². The zero-order chi connectivity index (χ0) is 21.4. The fourth-order valence-electron chi connectivity index (χ4n) is 4.96. The van der Waals surface area contributed by atoms with Crippen molar-refractivity contribution in [2.75, 3.05) is 0 Å².